The Labute approximate surface area is 127 Å². The Balaban J connectivity index is 2.42. The summed E-state index contributed by atoms with van der Waals surface area (Å²) in [6, 6.07) is 3.92. The molecule has 1 fully saturated rings. The van der Waals surface area contributed by atoms with Crippen molar-refractivity contribution in [3.63, 3.8) is 0 Å². The van der Waals surface area contributed by atoms with E-state index in [0.29, 0.717) is 11.6 Å². The predicted octanol–water partition coefficient (Wildman–Crippen LogP) is 4.06. The van der Waals surface area contributed by atoms with Crippen molar-refractivity contribution < 1.29 is 9.90 Å². The Hall–Kier alpha value is -1.58. The van der Waals surface area contributed by atoms with E-state index in [0.717, 1.165) is 30.9 Å². The Morgan fingerprint density at radius 1 is 1.38 bits per heavy atom. The van der Waals surface area contributed by atoms with E-state index in [2.05, 4.69) is 25.7 Å². The van der Waals surface area contributed by atoms with Crippen LogP contribution in [0, 0.1) is 0 Å². The lowest BCUT2D eigenvalue weighted by Crippen LogP contribution is -2.35. The van der Waals surface area contributed by atoms with Gasteiger partial charge in [0, 0.05) is 18.3 Å². The topological polar surface area (TPSA) is 53.4 Å². The van der Waals surface area contributed by atoms with Crippen LogP contribution in [0.25, 0.3) is 0 Å². The van der Waals surface area contributed by atoms with Gasteiger partial charge in [0.2, 0.25) is 0 Å². The maximum atomic E-state index is 11.4. The number of nitrogens with zero attached hydrogens (tertiary/aromatic N) is 2. The van der Waals surface area contributed by atoms with Gasteiger partial charge in [-0.2, -0.15) is 0 Å². The number of aromatic carboxylic acids is 1. The highest BCUT2D eigenvalue weighted by atomic mass is 16.4. The molecule has 1 unspecified atom stereocenters. The maximum absolute atomic E-state index is 11.4. The quantitative estimate of drug-likeness (QED) is 0.908. The normalized spacial score (nSPS) is 19.6. The van der Waals surface area contributed by atoms with Gasteiger partial charge in [0.25, 0.3) is 0 Å². The highest BCUT2D eigenvalue weighted by Crippen LogP contribution is 2.27. The zero-order valence-electron chi connectivity index (χ0n) is 13.3. The van der Waals surface area contributed by atoms with Crippen molar-refractivity contribution in [1.29, 1.82) is 0 Å². The molecule has 1 atom stereocenters. The van der Waals surface area contributed by atoms with Crippen molar-refractivity contribution in [2.75, 3.05) is 11.4 Å². The van der Waals surface area contributed by atoms with Crippen molar-refractivity contribution in [3.05, 3.63) is 23.4 Å². The van der Waals surface area contributed by atoms with Crippen LogP contribution in [0.5, 0.6) is 0 Å². The zero-order valence-corrected chi connectivity index (χ0v) is 13.3. The minimum atomic E-state index is -0.872. The molecule has 1 N–H and O–H groups in total. The van der Waals surface area contributed by atoms with Crippen molar-refractivity contribution in [2.24, 2.45) is 0 Å². The van der Waals surface area contributed by atoms with E-state index in [4.69, 9.17) is 4.98 Å². The second-order valence-corrected chi connectivity index (χ2v) is 6.20. The molecule has 0 radical (unpaired) electrons. The predicted molar refractivity (Wildman–Crippen MR) is 85.2 cm³/mol. The molecule has 2 heterocycles. The van der Waals surface area contributed by atoms with Crippen LogP contribution in [0.3, 0.4) is 0 Å². The molecule has 1 aromatic heterocycles. The van der Waals surface area contributed by atoms with Crippen LogP contribution in [-0.2, 0) is 0 Å². The largest absolute Gasteiger partial charge is 0.478 e. The van der Waals surface area contributed by atoms with Crippen molar-refractivity contribution in [3.8, 4) is 0 Å². The van der Waals surface area contributed by atoms with Gasteiger partial charge >= 0.3 is 5.97 Å². The summed E-state index contributed by atoms with van der Waals surface area (Å²) in [5.74, 6) is 0.200. The summed E-state index contributed by atoms with van der Waals surface area (Å²) in [4.78, 5) is 18.4. The molecule has 1 aliphatic heterocycles. The monoisotopic (exact) mass is 290 g/mol. The molecule has 0 bridgehead atoms. The van der Waals surface area contributed by atoms with Crippen molar-refractivity contribution in [1.82, 2.24) is 4.98 Å². The van der Waals surface area contributed by atoms with Crippen LogP contribution in [0.15, 0.2) is 12.1 Å². The van der Waals surface area contributed by atoms with E-state index in [1.165, 1.54) is 19.3 Å². The van der Waals surface area contributed by atoms with Crippen LogP contribution in [0.1, 0.15) is 74.8 Å². The van der Waals surface area contributed by atoms with Crippen LogP contribution in [0.2, 0.25) is 0 Å². The lowest BCUT2D eigenvalue weighted by molar-refractivity contribution is 0.0696. The van der Waals surface area contributed by atoms with Gasteiger partial charge < -0.3 is 10.0 Å². The molecule has 0 amide bonds. The number of hydrogen-bond acceptors (Lipinski definition) is 3. The molecular formula is C17H26N2O2. The number of rotatable bonds is 4. The zero-order chi connectivity index (χ0) is 15.4. The lowest BCUT2D eigenvalue weighted by Gasteiger charge is -2.31. The summed E-state index contributed by atoms with van der Waals surface area (Å²) >= 11 is 0. The molecule has 4 heteroatoms. The summed E-state index contributed by atoms with van der Waals surface area (Å²) in [5, 5.41) is 9.35. The van der Waals surface area contributed by atoms with Gasteiger partial charge in [0.05, 0.1) is 5.56 Å². The Morgan fingerprint density at radius 2 is 2.14 bits per heavy atom. The summed E-state index contributed by atoms with van der Waals surface area (Å²) in [6.45, 7) is 7.29. The third kappa shape index (κ3) is 3.74. The molecule has 21 heavy (non-hydrogen) atoms. The smallest absolute Gasteiger partial charge is 0.335 e. The summed E-state index contributed by atoms with van der Waals surface area (Å²) < 4.78 is 0. The summed E-state index contributed by atoms with van der Waals surface area (Å²) in [5.41, 5.74) is 1.21. The third-order valence-corrected chi connectivity index (χ3v) is 4.31. The Morgan fingerprint density at radius 3 is 2.76 bits per heavy atom. The molecule has 116 valence electrons. The van der Waals surface area contributed by atoms with Crippen LogP contribution in [-0.4, -0.2) is 28.6 Å². The second kappa shape index (κ2) is 6.92. The van der Waals surface area contributed by atoms with E-state index in [1.54, 1.807) is 12.1 Å². The standard InChI is InChI=1S/C17H26N2O2/c1-4-14-8-6-5-7-9-19(14)16-11-13(17(20)21)10-15(18-16)12(2)3/h10-12,14H,4-9H2,1-3H3,(H,20,21). The highest BCUT2D eigenvalue weighted by molar-refractivity contribution is 5.88. The minimum Gasteiger partial charge on any atom is -0.478 e. The fourth-order valence-corrected chi connectivity index (χ4v) is 3.01. The number of hydrogen-bond donors (Lipinski definition) is 1. The summed E-state index contributed by atoms with van der Waals surface area (Å²) in [7, 11) is 0. The number of carbonyl (C=O) groups is 1. The second-order valence-electron chi connectivity index (χ2n) is 6.20. The van der Waals surface area contributed by atoms with Gasteiger partial charge in [-0.05, 0) is 37.3 Å². The molecule has 0 spiro atoms. The van der Waals surface area contributed by atoms with Gasteiger partial charge in [-0.3, -0.25) is 0 Å². The van der Waals surface area contributed by atoms with Crippen molar-refractivity contribution >= 4 is 11.8 Å². The molecule has 0 aromatic carbocycles. The minimum absolute atomic E-state index is 0.232. The molecule has 0 aliphatic carbocycles. The van der Waals surface area contributed by atoms with Gasteiger partial charge in [-0.15, -0.1) is 0 Å². The summed E-state index contributed by atoms with van der Waals surface area (Å²) in [6.07, 6.45) is 5.92. The average molecular weight is 290 g/mol. The van der Waals surface area contributed by atoms with Crippen molar-refractivity contribution in [2.45, 2.75) is 64.8 Å². The Kier molecular flexibility index (Phi) is 5.21. The number of aromatic nitrogens is 1. The van der Waals surface area contributed by atoms with E-state index in [-0.39, 0.29) is 5.92 Å². The first kappa shape index (κ1) is 15.8. The number of anilines is 1. The molecule has 1 aromatic rings. The van der Waals surface area contributed by atoms with Gasteiger partial charge in [-0.25, -0.2) is 9.78 Å². The lowest BCUT2D eigenvalue weighted by atomic mass is 10.1. The molecular weight excluding hydrogens is 264 g/mol. The average Bonchev–Trinajstić information content (AvgIpc) is 2.71. The molecule has 1 saturated heterocycles. The third-order valence-electron chi connectivity index (χ3n) is 4.31. The van der Waals surface area contributed by atoms with Gasteiger partial charge in [0.15, 0.2) is 0 Å². The fourth-order valence-electron chi connectivity index (χ4n) is 3.01. The van der Waals surface area contributed by atoms with E-state index >= 15 is 0 Å². The van der Waals surface area contributed by atoms with Gasteiger partial charge in [-0.1, -0.05) is 33.6 Å². The first-order valence-electron chi connectivity index (χ1n) is 8.04. The SMILES string of the molecule is CCC1CCCCCN1c1cc(C(=O)O)cc(C(C)C)n1. The number of carboxylic acid groups (broad SMARTS) is 1. The van der Waals surface area contributed by atoms with E-state index < -0.39 is 5.97 Å². The van der Waals surface area contributed by atoms with E-state index in [1.807, 2.05) is 0 Å². The molecule has 0 saturated carbocycles. The molecule has 1 aliphatic rings. The van der Waals surface area contributed by atoms with E-state index in [9.17, 15) is 9.90 Å². The highest BCUT2D eigenvalue weighted by Gasteiger charge is 2.22. The van der Waals surface area contributed by atoms with Crippen LogP contribution in [0.4, 0.5) is 5.82 Å². The maximum Gasteiger partial charge on any atom is 0.335 e. The van der Waals surface area contributed by atoms with Gasteiger partial charge in [0.1, 0.15) is 5.82 Å². The number of carboxylic acids is 1. The van der Waals surface area contributed by atoms with Crippen LogP contribution < -0.4 is 4.90 Å². The number of pyridine rings is 1. The Bertz CT molecular complexity index is 500. The molecule has 2 rings (SSSR count). The molecule has 4 nitrogen and oxygen atoms in total. The van der Waals surface area contributed by atoms with Crippen LogP contribution >= 0.6 is 0 Å². The first-order chi connectivity index (χ1) is 10.0. The first-order valence-corrected chi connectivity index (χ1v) is 8.04. The fraction of sp³-hybridized carbons (Fsp3) is 0.647.